The first-order valence-electron chi connectivity index (χ1n) is 8.02. The molecule has 0 aromatic heterocycles. The quantitative estimate of drug-likeness (QED) is 0.588. The highest BCUT2D eigenvalue weighted by atomic mass is 32.2. The van der Waals surface area contributed by atoms with Gasteiger partial charge in [0.1, 0.15) is 0 Å². The molecule has 1 fully saturated rings. The number of amides is 1. The van der Waals surface area contributed by atoms with Crippen molar-refractivity contribution < 1.29 is 17.9 Å². The minimum Gasteiger partial charge on any atom is -0.383 e. The third-order valence-corrected chi connectivity index (χ3v) is 5.71. The minimum absolute atomic E-state index is 0.141. The summed E-state index contributed by atoms with van der Waals surface area (Å²) in [7, 11) is -2.03. The summed E-state index contributed by atoms with van der Waals surface area (Å²) in [6, 6.07) is 6.40. The molecule has 8 heteroatoms. The van der Waals surface area contributed by atoms with E-state index in [0.717, 1.165) is 18.4 Å². The Labute approximate surface area is 143 Å². The van der Waals surface area contributed by atoms with Crippen LogP contribution >= 0.6 is 0 Å². The second-order valence-electron chi connectivity index (χ2n) is 6.08. The molecule has 0 atom stereocenters. The van der Waals surface area contributed by atoms with Crippen LogP contribution in [0.15, 0.2) is 29.2 Å². The monoisotopic (exact) mass is 355 g/mol. The fourth-order valence-corrected chi connectivity index (χ4v) is 3.75. The number of ether oxygens (including phenoxy) is 1. The molecule has 1 aromatic carbocycles. The molecule has 1 aliphatic rings. The lowest BCUT2D eigenvalue weighted by molar-refractivity contribution is -0.126. The van der Waals surface area contributed by atoms with E-state index in [0.29, 0.717) is 26.0 Å². The summed E-state index contributed by atoms with van der Waals surface area (Å²) in [5.41, 5.74) is 6.16. The molecule has 0 saturated heterocycles. The van der Waals surface area contributed by atoms with E-state index in [1.165, 1.54) is 19.2 Å². The van der Waals surface area contributed by atoms with Gasteiger partial charge >= 0.3 is 0 Å². The summed E-state index contributed by atoms with van der Waals surface area (Å²) in [4.78, 5) is 12.3. The molecule has 1 aliphatic carbocycles. The van der Waals surface area contributed by atoms with Crippen LogP contribution in [0.3, 0.4) is 0 Å². The van der Waals surface area contributed by atoms with E-state index in [-0.39, 0.29) is 17.3 Å². The molecule has 0 radical (unpaired) electrons. The molecule has 0 spiro atoms. The maximum atomic E-state index is 12.2. The number of sulfonamides is 1. The summed E-state index contributed by atoms with van der Waals surface area (Å²) in [6.45, 7) is 0.856. The largest absolute Gasteiger partial charge is 0.383 e. The van der Waals surface area contributed by atoms with Gasteiger partial charge in [-0.3, -0.25) is 4.79 Å². The summed E-state index contributed by atoms with van der Waals surface area (Å²) >= 11 is 0. The van der Waals surface area contributed by atoms with Crippen molar-refractivity contribution in [1.82, 2.24) is 10.0 Å². The van der Waals surface area contributed by atoms with E-state index >= 15 is 0 Å². The van der Waals surface area contributed by atoms with Gasteiger partial charge < -0.3 is 15.8 Å². The maximum Gasteiger partial charge on any atom is 0.240 e. The number of nitrogens with two attached hydrogens (primary N) is 1. The zero-order valence-electron chi connectivity index (χ0n) is 13.9. The van der Waals surface area contributed by atoms with Gasteiger partial charge in [0, 0.05) is 20.2 Å². The fraction of sp³-hybridized carbons (Fsp3) is 0.562. The fourth-order valence-electron chi connectivity index (χ4n) is 2.74. The Bertz CT molecular complexity index is 652. The predicted molar refractivity (Wildman–Crippen MR) is 90.7 cm³/mol. The first-order valence-corrected chi connectivity index (χ1v) is 9.50. The van der Waals surface area contributed by atoms with E-state index in [4.69, 9.17) is 10.5 Å². The van der Waals surface area contributed by atoms with E-state index in [1.54, 1.807) is 12.1 Å². The summed E-state index contributed by atoms with van der Waals surface area (Å²) in [5.74, 6) is -0.141. The normalized spacial score (nSPS) is 16.9. The molecule has 0 aliphatic heterocycles. The van der Waals surface area contributed by atoms with Crippen LogP contribution in [0.2, 0.25) is 0 Å². The number of hydrogen-bond acceptors (Lipinski definition) is 5. The molecule has 0 unspecified atom stereocenters. The van der Waals surface area contributed by atoms with Gasteiger partial charge in [-0.1, -0.05) is 25.0 Å². The smallest absolute Gasteiger partial charge is 0.240 e. The molecular weight excluding hydrogens is 330 g/mol. The van der Waals surface area contributed by atoms with Crippen molar-refractivity contribution in [3.8, 4) is 0 Å². The van der Waals surface area contributed by atoms with Crippen LogP contribution in [0.1, 0.15) is 31.2 Å². The van der Waals surface area contributed by atoms with E-state index in [1.807, 2.05) is 0 Å². The average molecular weight is 355 g/mol. The molecule has 7 nitrogen and oxygen atoms in total. The molecule has 24 heavy (non-hydrogen) atoms. The van der Waals surface area contributed by atoms with Crippen LogP contribution in [0.25, 0.3) is 0 Å². The van der Waals surface area contributed by atoms with Crippen LogP contribution in [0.4, 0.5) is 0 Å². The standard InChI is InChI=1S/C16H25N3O4S/c1-23-11-10-19-24(21,22)14-6-4-13(5-7-14)12-18-15(20)16(17)8-2-3-9-16/h4-7,19H,2-3,8-12,17H2,1H3,(H,18,20). The Balaban J connectivity index is 1.91. The first kappa shape index (κ1) is 18.9. The van der Waals surface area contributed by atoms with Crippen LogP contribution < -0.4 is 15.8 Å². The van der Waals surface area contributed by atoms with Gasteiger partial charge in [-0.2, -0.15) is 0 Å². The first-order chi connectivity index (χ1) is 11.4. The molecule has 0 heterocycles. The number of carbonyl (C=O) groups is 1. The number of nitrogens with one attached hydrogen (secondary N) is 2. The molecule has 2 rings (SSSR count). The summed E-state index contributed by atoms with van der Waals surface area (Å²) < 4.78 is 31.4. The van der Waals surface area contributed by atoms with Gasteiger partial charge in [0.15, 0.2) is 0 Å². The molecule has 1 amide bonds. The van der Waals surface area contributed by atoms with Gasteiger partial charge in [0.2, 0.25) is 15.9 Å². The zero-order valence-corrected chi connectivity index (χ0v) is 14.7. The highest BCUT2D eigenvalue weighted by Gasteiger charge is 2.36. The van der Waals surface area contributed by atoms with Crippen molar-refractivity contribution in [2.45, 2.75) is 42.7 Å². The molecule has 4 N–H and O–H groups in total. The van der Waals surface area contributed by atoms with Crippen LogP contribution in [0.5, 0.6) is 0 Å². The van der Waals surface area contributed by atoms with Gasteiger partial charge in [-0.05, 0) is 30.5 Å². The number of hydrogen-bond donors (Lipinski definition) is 3. The van der Waals surface area contributed by atoms with Crippen molar-refractivity contribution in [1.29, 1.82) is 0 Å². The molecule has 0 bridgehead atoms. The average Bonchev–Trinajstić information content (AvgIpc) is 3.01. The van der Waals surface area contributed by atoms with Crippen LogP contribution in [0, 0.1) is 0 Å². The Morgan fingerprint density at radius 1 is 1.25 bits per heavy atom. The number of benzene rings is 1. The van der Waals surface area contributed by atoms with E-state index < -0.39 is 15.6 Å². The van der Waals surface area contributed by atoms with Crippen LogP contribution in [-0.2, 0) is 26.1 Å². The lowest BCUT2D eigenvalue weighted by atomic mass is 9.98. The van der Waals surface area contributed by atoms with Gasteiger partial charge in [-0.25, -0.2) is 13.1 Å². The van der Waals surface area contributed by atoms with E-state index in [9.17, 15) is 13.2 Å². The van der Waals surface area contributed by atoms with Crippen molar-refractivity contribution >= 4 is 15.9 Å². The topological polar surface area (TPSA) is 111 Å². The second-order valence-corrected chi connectivity index (χ2v) is 7.85. The van der Waals surface area contributed by atoms with Crippen LogP contribution in [-0.4, -0.2) is 40.1 Å². The third-order valence-electron chi connectivity index (χ3n) is 4.23. The Hall–Kier alpha value is -1.48. The number of carbonyl (C=O) groups excluding carboxylic acids is 1. The molecule has 1 saturated carbocycles. The van der Waals surface area contributed by atoms with Crippen molar-refractivity contribution in [2.75, 3.05) is 20.3 Å². The maximum absolute atomic E-state index is 12.2. The number of methoxy groups -OCH3 is 1. The van der Waals surface area contributed by atoms with Gasteiger partial charge in [0.05, 0.1) is 17.0 Å². The summed E-state index contributed by atoms with van der Waals surface area (Å²) in [6.07, 6.45) is 3.38. The molecule has 134 valence electrons. The zero-order chi connectivity index (χ0) is 17.6. The Morgan fingerprint density at radius 3 is 2.46 bits per heavy atom. The van der Waals surface area contributed by atoms with Crippen molar-refractivity contribution in [2.24, 2.45) is 5.73 Å². The predicted octanol–water partition coefficient (Wildman–Crippen LogP) is 0.499. The molecular formula is C16H25N3O4S. The second kappa shape index (κ2) is 8.06. The number of rotatable bonds is 8. The lowest BCUT2D eigenvalue weighted by Gasteiger charge is -2.22. The van der Waals surface area contributed by atoms with Crippen molar-refractivity contribution in [3.05, 3.63) is 29.8 Å². The Morgan fingerprint density at radius 2 is 1.88 bits per heavy atom. The SMILES string of the molecule is COCCNS(=O)(=O)c1ccc(CNC(=O)C2(N)CCCC2)cc1. The molecule has 1 aromatic rings. The lowest BCUT2D eigenvalue weighted by Crippen LogP contribution is -2.51. The third kappa shape index (κ3) is 4.76. The Kier molecular flexibility index (Phi) is 6.34. The highest BCUT2D eigenvalue weighted by Crippen LogP contribution is 2.27. The minimum atomic E-state index is -3.54. The van der Waals surface area contributed by atoms with Crippen molar-refractivity contribution in [3.63, 3.8) is 0 Å². The van der Waals surface area contributed by atoms with Gasteiger partial charge in [0.25, 0.3) is 0 Å². The van der Waals surface area contributed by atoms with Gasteiger partial charge in [-0.15, -0.1) is 0 Å². The van der Waals surface area contributed by atoms with E-state index in [2.05, 4.69) is 10.0 Å². The summed E-state index contributed by atoms with van der Waals surface area (Å²) in [5, 5.41) is 2.84. The highest BCUT2D eigenvalue weighted by molar-refractivity contribution is 7.89.